The van der Waals surface area contributed by atoms with E-state index in [1.54, 1.807) is 11.1 Å². The molecule has 2 rings (SSSR count). The molecule has 1 aliphatic rings. The molecule has 1 N–H and O–H groups in total. The standard InChI is InChI=1S/C18H28N4O3/c1-13(2)9-21-17(23)6-7-22(12-15-5-4-8-25-15)18(24)16-11-19-14(3)10-20-16/h10-11,13,15H,4-9,12H2,1-3H3,(H,21,23)/t15-/m0/s1. The van der Waals surface area contributed by atoms with E-state index in [1.807, 2.05) is 20.8 Å². The summed E-state index contributed by atoms with van der Waals surface area (Å²) in [6.45, 7) is 8.11. The van der Waals surface area contributed by atoms with Crippen molar-refractivity contribution in [3.05, 3.63) is 23.8 Å². The maximum atomic E-state index is 12.8. The van der Waals surface area contributed by atoms with Crippen LogP contribution in [0.4, 0.5) is 0 Å². The van der Waals surface area contributed by atoms with Gasteiger partial charge in [-0.1, -0.05) is 13.8 Å². The minimum Gasteiger partial charge on any atom is -0.376 e. The largest absolute Gasteiger partial charge is 0.376 e. The lowest BCUT2D eigenvalue weighted by Gasteiger charge is -2.25. The van der Waals surface area contributed by atoms with Crippen LogP contribution in [-0.4, -0.2) is 59.0 Å². The number of hydrogen-bond donors (Lipinski definition) is 1. The van der Waals surface area contributed by atoms with Crippen LogP contribution in [0.15, 0.2) is 12.4 Å². The molecule has 7 heteroatoms. The van der Waals surface area contributed by atoms with E-state index >= 15 is 0 Å². The van der Waals surface area contributed by atoms with Gasteiger partial charge >= 0.3 is 0 Å². The van der Waals surface area contributed by atoms with Crippen molar-refractivity contribution in [2.45, 2.75) is 46.1 Å². The number of carbonyl (C=O) groups is 2. The fourth-order valence-corrected chi connectivity index (χ4v) is 2.62. The molecule has 1 aliphatic heterocycles. The number of nitrogens with zero attached hydrogens (tertiary/aromatic N) is 3. The van der Waals surface area contributed by atoms with Gasteiger partial charge in [0.05, 0.1) is 18.0 Å². The highest BCUT2D eigenvalue weighted by Crippen LogP contribution is 2.15. The smallest absolute Gasteiger partial charge is 0.274 e. The van der Waals surface area contributed by atoms with Crippen LogP contribution in [0.2, 0.25) is 0 Å². The van der Waals surface area contributed by atoms with Crippen LogP contribution in [-0.2, 0) is 9.53 Å². The number of rotatable bonds is 8. The minimum atomic E-state index is -0.209. The van der Waals surface area contributed by atoms with Gasteiger partial charge in [0.2, 0.25) is 5.91 Å². The van der Waals surface area contributed by atoms with Crippen molar-refractivity contribution in [2.24, 2.45) is 5.92 Å². The molecule has 1 aromatic rings. The molecule has 0 saturated carbocycles. The summed E-state index contributed by atoms with van der Waals surface area (Å²) in [5.41, 5.74) is 1.06. The van der Waals surface area contributed by atoms with Gasteiger partial charge in [0.25, 0.3) is 5.91 Å². The second kappa shape index (κ2) is 9.46. The first-order chi connectivity index (χ1) is 12.0. The summed E-state index contributed by atoms with van der Waals surface area (Å²) >= 11 is 0. The third-order valence-corrected chi connectivity index (χ3v) is 4.05. The average Bonchev–Trinajstić information content (AvgIpc) is 3.10. The van der Waals surface area contributed by atoms with Crippen molar-refractivity contribution in [1.29, 1.82) is 0 Å². The zero-order chi connectivity index (χ0) is 18.2. The van der Waals surface area contributed by atoms with Crippen LogP contribution >= 0.6 is 0 Å². The average molecular weight is 348 g/mol. The Morgan fingerprint density at radius 3 is 2.76 bits per heavy atom. The molecule has 0 radical (unpaired) electrons. The molecule has 0 aromatic carbocycles. The molecule has 0 spiro atoms. The van der Waals surface area contributed by atoms with Crippen molar-refractivity contribution in [1.82, 2.24) is 20.2 Å². The van der Waals surface area contributed by atoms with Crippen LogP contribution < -0.4 is 5.32 Å². The molecular weight excluding hydrogens is 320 g/mol. The van der Waals surface area contributed by atoms with E-state index in [-0.39, 0.29) is 24.3 Å². The van der Waals surface area contributed by atoms with Crippen molar-refractivity contribution >= 4 is 11.8 Å². The predicted octanol–water partition coefficient (Wildman–Crippen LogP) is 1.57. The van der Waals surface area contributed by atoms with Gasteiger partial charge in [-0.3, -0.25) is 14.6 Å². The van der Waals surface area contributed by atoms with Gasteiger partial charge in [-0.05, 0) is 25.7 Å². The summed E-state index contributed by atoms with van der Waals surface area (Å²) < 4.78 is 5.64. The topological polar surface area (TPSA) is 84.4 Å². The monoisotopic (exact) mass is 348 g/mol. The molecule has 0 aliphatic carbocycles. The zero-order valence-corrected chi connectivity index (χ0v) is 15.3. The normalized spacial score (nSPS) is 16.9. The van der Waals surface area contributed by atoms with E-state index in [0.29, 0.717) is 31.2 Å². The Bertz CT molecular complexity index is 568. The van der Waals surface area contributed by atoms with Crippen LogP contribution in [0.1, 0.15) is 49.3 Å². The number of aromatic nitrogens is 2. The highest BCUT2D eigenvalue weighted by atomic mass is 16.5. The summed E-state index contributed by atoms with van der Waals surface area (Å²) in [6.07, 6.45) is 5.30. The van der Waals surface area contributed by atoms with Gasteiger partial charge in [0.15, 0.2) is 0 Å². The first kappa shape index (κ1) is 19.3. The van der Waals surface area contributed by atoms with E-state index in [9.17, 15) is 9.59 Å². The van der Waals surface area contributed by atoms with Gasteiger partial charge < -0.3 is 15.0 Å². The summed E-state index contributed by atoms with van der Waals surface area (Å²) in [5, 5.41) is 2.88. The fraction of sp³-hybridized carbons (Fsp3) is 0.667. The molecule has 138 valence electrons. The number of amides is 2. The Hall–Kier alpha value is -2.02. The van der Waals surface area contributed by atoms with Crippen molar-refractivity contribution in [3.63, 3.8) is 0 Å². The molecule has 2 amide bonds. The SMILES string of the molecule is Cc1cnc(C(=O)N(CCC(=O)NCC(C)C)C[C@@H]2CCCO2)cn1. The molecule has 1 fully saturated rings. The maximum Gasteiger partial charge on any atom is 0.274 e. The molecule has 1 aromatic heterocycles. The summed E-state index contributed by atoms with van der Waals surface area (Å²) in [7, 11) is 0. The van der Waals surface area contributed by atoms with Gasteiger partial charge in [-0.2, -0.15) is 0 Å². The minimum absolute atomic E-state index is 0.0288. The number of hydrogen-bond acceptors (Lipinski definition) is 5. The van der Waals surface area contributed by atoms with Gasteiger partial charge in [-0.25, -0.2) is 4.98 Å². The lowest BCUT2D eigenvalue weighted by atomic mass is 10.2. The Morgan fingerprint density at radius 1 is 1.36 bits per heavy atom. The number of nitrogens with one attached hydrogen (secondary N) is 1. The first-order valence-electron chi connectivity index (χ1n) is 8.92. The first-order valence-corrected chi connectivity index (χ1v) is 8.92. The molecule has 1 saturated heterocycles. The lowest BCUT2D eigenvalue weighted by molar-refractivity contribution is -0.121. The molecule has 0 bridgehead atoms. The van der Waals surface area contributed by atoms with E-state index in [1.165, 1.54) is 6.20 Å². The predicted molar refractivity (Wildman–Crippen MR) is 94.1 cm³/mol. The van der Waals surface area contributed by atoms with E-state index < -0.39 is 0 Å². The number of ether oxygens (including phenoxy) is 1. The highest BCUT2D eigenvalue weighted by Gasteiger charge is 2.24. The van der Waals surface area contributed by atoms with E-state index in [0.717, 1.165) is 25.1 Å². The van der Waals surface area contributed by atoms with Crippen molar-refractivity contribution in [3.8, 4) is 0 Å². The Labute approximate surface area is 149 Å². The molecule has 7 nitrogen and oxygen atoms in total. The number of aryl methyl sites for hydroxylation is 1. The zero-order valence-electron chi connectivity index (χ0n) is 15.3. The second-order valence-corrected chi connectivity index (χ2v) is 6.88. The van der Waals surface area contributed by atoms with Gasteiger partial charge in [-0.15, -0.1) is 0 Å². The highest BCUT2D eigenvalue weighted by molar-refractivity contribution is 5.92. The third-order valence-electron chi connectivity index (χ3n) is 4.05. The Kier molecular flexibility index (Phi) is 7.31. The van der Waals surface area contributed by atoms with Crippen molar-refractivity contribution in [2.75, 3.05) is 26.2 Å². The summed E-state index contributed by atoms with van der Waals surface area (Å²) in [4.78, 5) is 34.7. The molecule has 25 heavy (non-hydrogen) atoms. The van der Waals surface area contributed by atoms with Gasteiger partial charge in [0.1, 0.15) is 5.69 Å². The summed E-state index contributed by atoms with van der Waals surface area (Å²) in [6, 6.07) is 0. The van der Waals surface area contributed by atoms with Crippen LogP contribution in [0.25, 0.3) is 0 Å². The van der Waals surface area contributed by atoms with E-state index in [2.05, 4.69) is 15.3 Å². The molecule has 2 heterocycles. The van der Waals surface area contributed by atoms with Crippen molar-refractivity contribution < 1.29 is 14.3 Å². The van der Waals surface area contributed by atoms with Gasteiger partial charge in [0, 0.05) is 38.9 Å². The molecule has 1 atom stereocenters. The maximum absolute atomic E-state index is 12.8. The van der Waals surface area contributed by atoms with Crippen LogP contribution in [0.3, 0.4) is 0 Å². The number of carbonyl (C=O) groups excluding carboxylic acids is 2. The Balaban J connectivity index is 1.97. The lowest BCUT2D eigenvalue weighted by Crippen LogP contribution is -2.40. The van der Waals surface area contributed by atoms with Crippen LogP contribution in [0.5, 0.6) is 0 Å². The van der Waals surface area contributed by atoms with E-state index in [4.69, 9.17) is 4.74 Å². The Morgan fingerprint density at radius 2 is 2.16 bits per heavy atom. The summed E-state index contributed by atoms with van der Waals surface area (Å²) in [5.74, 6) is 0.143. The third kappa shape index (κ3) is 6.42. The fourth-order valence-electron chi connectivity index (χ4n) is 2.62. The molecule has 0 unspecified atom stereocenters. The van der Waals surface area contributed by atoms with Crippen LogP contribution in [0, 0.1) is 12.8 Å². The quantitative estimate of drug-likeness (QED) is 0.771. The molecular formula is C18H28N4O3. The second-order valence-electron chi connectivity index (χ2n) is 6.88.